The molecule has 2 aromatic rings. The quantitative estimate of drug-likeness (QED) is 0.246. The zero-order valence-corrected chi connectivity index (χ0v) is 23.2. The van der Waals surface area contributed by atoms with Crippen molar-refractivity contribution in [3.63, 3.8) is 0 Å². The van der Waals surface area contributed by atoms with Gasteiger partial charge in [0.15, 0.2) is 5.78 Å². The molecule has 0 spiro atoms. The number of carboxylic acid groups (broad SMARTS) is 1. The van der Waals surface area contributed by atoms with Crippen LogP contribution in [0.15, 0.2) is 58.8 Å². The Labute approximate surface area is 228 Å². The highest BCUT2D eigenvalue weighted by molar-refractivity contribution is 7.85. The van der Waals surface area contributed by atoms with Crippen molar-refractivity contribution in [3.05, 3.63) is 81.6 Å². The zero-order valence-electron chi connectivity index (χ0n) is 21.4. The smallest absolute Gasteiger partial charge is 0.336 e. The van der Waals surface area contributed by atoms with Crippen molar-refractivity contribution < 1.29 is 19.4 Å². The highest BCUT2D eigenvalue weighted by atomic mass is 32.1. The molecule has 6 nitrogen and oxygen atoms in total. The molecule has 194 valence electrons. The molecule has 3 unspecified atom stereocenters. The molecular weight excluding hydrogens is 504 g/mol. The number of carboxylic acids is 1. The minimum Gasteiger partial charge on any atom is -0.478 e. The summed E-state index contributed by atoms with van der Waals surface area (Å²) in [7, 11) is 0. The number of benzene rings is 2. The molecule has 8 heteroatoms. The van der Waals surface area contributed by atoms with Crippen molar-refractivity contribution in [2.45, 2.75) is 38.9 Å². The van der Waals surface area contributed by atoms with E-state index in [0.29, 0.717) is 23.4 Å². The van der Waals surface area contributed by atoms with Crippen LogP contribution in [0.3, 0.4) is 0 Å². The maximum absolute atomic E-state index is 12.8. The highest BCUT2D eigenvalue weighted by Gasteiger charge is 2.39. The predicted molar refractivity (Wildman–Crippen MR) is 155 cm³/mol. The lowest BCUT2D eigenvalue weighted by atomic mass is 9.73. The maximum atomic E-state index is 12.8. The number of rotatable bonds is 8. The van der Waals surface area contributed by atoms with E-state index in [1.165, 1.54) is 6.07 Å². The largest absolute Gasteiger partial charge is 0.478 e. The van der Waals surface area contributed by atoms with Crippen LogP contribution in [0.25, 0.3) is 0 Å². The summed E-state index contributed by atoms with van der Waals surface area (Å²) in [6, 6.07) is 8.98. The van der Waals surface area contributed by atoms with E-state index in [1.54, 1.807) is 12.1 Å². The summed E-state index contributed by atoms with van der Waals surface area (Å²) in [6.07, 6.45) is 4.07. The van der Waals surface area contributed by atoms with E-state index in [2.05, 4.69) is 47.7 Å². The molecule has 0 fully saturated rings. The van der Waals surface area contributed by atoms with E-state index < -0.39 is 11.2 Å². The fraction of sp³-hybridized carbons (Fsp3) is 0.345. The Morgan fingerprint density at radius 1 is 1.16 bits per heavy atom. The molecule has 0 saturated carbocycles. The molecule has 37 heavy (non-hydrogen) atoms. The third kappa shape index (κ3) is 5.22. The number of anilines is 1. The number of Topliss-reactive ketones (excluding diaryl/α,β-unsaturated/α-hetero) is 1. The number of hydrogen-bond acceptors (Lipinski definition) is 7. The third-order valence-electron chi connectivity index (χ3n) is 6.79. The van der Waals surface area contributed by atoms with Crippen molar-refractivity contribution >= 4 is 48.4 Å². The van der Waals surface area contributed by atoms with Crippen LogP contribution in [0.5, 0.6) is 5.75 Å². The molecule has 2 aliphatic rings. The summed E-state index contributed by atoms with van der Waals surface area (Å²) in [5, 5.41) is 13.0. The zero-order chi connectivity index (χ0) is 26.9. The Balaban J connectivity index is 1.95. The highest BCUT2D eigenvalue weighted by Crippen LogP contribution is 2.50. The fourth-order valence-electron chi connectivity index (χ4n) is 5.03. The molecule has 1 aliphatic carbocycles. The molecule has 0 saturated heterocycles. The molecule has 2 N–H and O–H groups in total. The fourth-order valence-corrected chi connectivity index (χ4v) is 5.34. The number of aromatic carboxylic acids is 1. The summed E-state index contributed by atoms with van der Waals surface area (Å²) in [5.41, 5.74) is 5.83. The van der Waals surface area contributed by atoms with Gasteiger partial charge in [0, 0.05) is 59.6 Å². The normalized spacial score (nSPS) is 20.2. The number of aliphatic imine (C=N–C) groups is 1. The summed E-state index contributed by atoms with van der Waals surface area (Å²) in [5.74, 6) is -0.217. The molecular formula is C29H32N2O4S2. The van der Waals surface area contributed by atoms with Gasteiger partial charge in [0.25, 0.3) is 0 Å². The Morgan fingerprint density at radius 3 is 2.57 bits per heavy atom. The van der Waals surface area contributed by atoms with Crippen LogP contribution in [-0.2, 0) is 0 Å². The first-order chi connectivity index (χ1) is 17.7. The van der Waals surface area contributed by atoms with Gasteiger partial charge in [-0.3, -0.25) is 9.79 Å². The number of ether oxygens (including phenoxy) is 1. The van der Waals surface area contributed by atoms with Crippen molar-refractivity contribution in [2.24, 2.45) is 10.9 Å². The van der Waals surface area contributed by atoms with Gasteiger partial charge < -0.3 is 15.2 Å². The molecule has 0 bridgehead atoms. The summed E-state index contributed by atoms with van der Waals surface area (Å²) in [6.45, 7) is 9.48. The predicted octanol–water partition coefficient (Wildman–Crippen LogP) is 5.98. The molecule has 2 aromatic carbocycles. The van der Waals surface area contributed by atoms with Crippen LogP contribution in [0.1, 0.15) is 64.1 Å². The number of nitrogens with one attached hydrogen (secondary N) is 1. The van der Waals surface area contributed by atoms with Gasteiger partial charge in [-0.2, -0.15) is 25.3 Å². The van der Waals surface area contributed by atoms with Gasteiger partial charge >= 0.3 is 5.97 Å². The van der Waals surface area contributed by atoms with Gasteiger partial charge in [0.2, 0.25) is 0 Å². The second-order valence-electron chi connectivity index (χ2n) is 9.27. The number of hydrogen-bond donors (Lipinski definition) is 4. The van der Waals surface area contributed by atoms with Gasteiger partial charge in [0.05, 0.1) is 16.5 Å². The first-order valence-corrected chi connectivity index (χ1v) is 13.6. The minimum atomic E-state index is -1.09. The first kappa shape index (κ1) is 27.1. The van der Waals surface area contributed by atoms with E-state index in [-0.39, 0.29) is 28.9 Å². The number of carbonyl (C=O) groups excluding carboxylic acids is 1. The van der Waals surface area contributed by atoms with Gasteiger partial charge in [-0.15, -0.1) is 0 Å². The molecule has 1 aliphatic heterocycles. The van der Waals surface area contributed by atoms with Crippen LogP contribution in [0.4, 0.5) is 5.69 Å². The van der Waals surface area contributed by atoms with E-state index in [1.807, 2.05) is 39.8 Å². The van der Waals surface area contributed by atoms with Crippen LogP contribution in [0.2, 0.25) is 0 Å². The van der Waals surface area contributed by atoms with E-state index in [4.69, 9.17) is 4.74 Å². The monoisotopic (exact) mass is 536 g/mol. The SMILES string of the molecule is CC/N=C1/C=C2Oc3cc(NCC)c(C)cc3C(c3ccc(C(=O)C(S)CS)cc3C(=O)O)C2C=C1C. The second-order valence-corrected chi connectivity index (χ2v) is 10.3. The van der Waals surface area contributed by atoms with E-state index in [0.717, 1.165) is 40.4 Å². The van der Waals surface area contributed by atoms with Crippen molar-refractivity contribution in [2.75, 3.05) is 24.2 Å². The average molecular weight is 537 g/mol. The summed E-state index contributed by atoms with van der Waals surface area (Å²) >= 11 is 8.47. The van der Waals surface area contributed by atoms with Crippen LogP contribution in [0, 0.1) is 12.8 Å². The van der Waals surface area contributed by atoms with Crippen LogP contribution in [-0.4, -0.2) is 46.7 Å². The number of allylic oxidation sites excluding steroid dienone is 3. The number of thiol groups is 2. The topological polar surface area (TPSA) is 88.0 Å². The number of carbonyl (C=O) groups is 2. The maximum Gasteiger partial charge on any atom is 0.336 e. The number of fused-ring (bicyclic) bond motifs is 2. The van der Waals surface area contributed by atoms with Crippen LogP contribution >= 0.6 is 25.3 Å². The molecule has 1 heterocycles. The van der Waals surface area contributed by atoms with Gasteiger partial charge in [0.1, 0.15) is 11.5 Å². The Hall–Kier alpha value is -2.97. The molecule has 0 radical (unpaired) electrons. The summed E-state index contributed by atoms with van der Waals surface area (Å²) < 4.78 is 6.44. The third-order valence-corrected chi connectivity index (χ3v) is 7.86. The van der Waals surface area contributed by atoms with Crippen LogP contribution < -0.4 is 10.1 Å². The first-order valence-electron chi connectivity index (χ1n) is 12.4. The lowest BCUT2D eigenvalue weighted by Crippen LogP contribution is -2.29. The standard InChI is InChI=1S/C29H32N2O4S2/c1-5-30-22-12-24-20(9-15(22)3)27(21-10-16(4)23(31-6-2)13-25(21)35-24)18-8-7-17(11-19(18)29(33)34)28(32)26(37)14-36/h7-13,20,26-27,31,36-37H,5-6,14H2,1-4H3,(H,33,34)/b30-22-. The molecule has 0 aromatic heterocycles. The lowest BCUT2D eigenvalue weighted by Gasteiger charge is -2.37. The molecule has 3 atom stereocenters. The minimum absolute atomic E-state index is 0.0928. The van der Waals surface area contributed by atoms with Gasteiger partial charge in [-0.1, -0.05) is 18.2 Å². The van der Waals surface area contributed by atoms with Crippen molar-refractivity contribution in [3.8, 4) is 5.75 Å². The molecule has 0 amide bonds. The molecule has 4 rings (SSSR count). The average Bonchev–Trinajstić information content (AvgIpc) is 2.88. The van der Waals surface area contributed by atoms with E-state index >= 15 is 0 Å². The summed E-state index contributed by atoms with van der Waals surface area (Å²) in [4.78, 5) is 29.9. The van der Waals surface area contributed by atoms with Crippen molar-refractivity contribution in [1.29, 1.82) is 0 Å². The van der Waals surface area contributed by atoms with E-state index in [9.17, 15) is 14.7 Å². The van der Waals surface area contributed by atoms with Gasteiger partial charge in [-0.05, 0) is 56.5 Å². The lowest BCUT2D eigenvalue weighted by molar-refractivity contribution is 0.0695. The number of ketones is 1. The Bertz CT molecular complexity index is 1350. The van der Waals surface area contributed by atoms with Gasteiger partial charge in [-0.25, -0.2) is 4.79 Å². The Kier molecular flexibility index (Phi) is 8.19. The number of aryl methyl sites for hydroxylation is 1. The number of nitrogens with zero attached hydrogens (tertiary/aromatic N) is 1. The second kappa shape index (κ2) is 11.2. The Morgan fingerprint density at radius 2 is 1.92 bits per heavy atom. The van der Waals surface area contributed by atoms with Crippen molar-refractivity contribution in [1.82, 2.24) is 0 Å².